The summed E-state index contributed by atoms with van der Waals surface area (Å²) in [7, 11) is 3.18. The molecule has 1 aromatic heterocycles. The summed E-state index contributed by atoms with van der Waals surface area (Å²) in [4.78, 5) is 14.4. The van der Waals surface area contributed by atoms with E-state index < -0.39 is 0 Å². The number of methoxy groups -OCH3 is 2. The van der Waals surface area contributed by atoms with Gasteiger partial charge in [-0.3, -0.25) is 0 Å². The van der Waals surface area contributed by atoms with Crippen molar-refractivity contribution >= 4 is 6.03 Å². The third-order valence-corrected chi connectivity index (χ3v) is 5.05. The van der Waals surface area contributed by atoms with Gasteiger partial charge in [0.25, 0.3) is 0 Å². The van der Waals surface area contributed by atoms with Gasteiger partial charge in [0.05, 0.1) is 20.8 Å². The van der Waals surface area contributed by atoms with E-state index in [-0.39, 0.29) is 6.03 Å². The molecule has 1 saturated heterocycles. The number of nitrogens with zero attached hydrogens (tertiary/aromatic N) is 2. The molecule has 2 amide bonds. The lowest BCUT2D eigenvalue weighted by molar-refractivity contribution is 0.171. The van der Waals surface area contributed by atoms with Crippen LogP contribution in [0.15, 0.2) is 36.7 Å². The van der Waals surface area contributed by atoms with Gasteiger partial charge in [-0.1, -0.05) is 0 Å². The van der Waals surface area contributed by atoms with Gasteiger partial charge in [0.2, 0.25) is 5.75 Å². The van der Waals surface area contributed by atoms with E-state index in [2.05, 4.69) is 22.3 Å². The van der Waals surface area contributed by atoms with Crippen molar-refractivity contribution in [2.75, 3.05) is 33.9 Å². The Labute approximate surface area is 166 Å². The number of piperidine rings is 1. The second kappa shape index (κ2) is 9.39. The fourth-order valence-corrected chi connectivity index (χ4v) is 3.57. The summed E-state index contributed by atoms with van der Waals surface area (Å²) in [6, 6.07) is 8.24. The van der Waals surface area contributed by atoms with Gasteiger partial charge in [-0.25, -0.2) is 4.79 Å². The van der Waals surface area contributed by atoms with Crippen LogP contribution in [0.2, 0.25) is 0 Å². The number of aromatic nitrogens is 1. The molecule has 7 heteroatoms. The van der Waals surface area contributed by atoms with Crippen LogP contribution in [0.1, 0.15) is 31.4 Å². The monoisotopic (exact) mass is 387 g/mol. The maximum Gasteiger partial charge on any atom is 0.317 e. The molecule has 1 aliphatic rings. The van der Waals surface area contributed by atoms with Crippen molar-refractivity contribution in [3.05, 3.63) is 42.2 Å². The van der Waals surface area contributed by atoms with Crippen LogP contribution >= 0.6 is 0 Å². The van der Waals surface area contributed by atoms with E-state index >= 15 is 0 Å². The molecule has 152 valence electrons. The summed E-state index contributed by atoms with van der Waals surface area (Å²) < 4.78 is 18.7. The lowest BCUT2D eigenvalue weighted by atomic mass is 10.1. The number of likely N-dealkylation sites (tertiary alicyclic amines) is 1. The predicted octanol–water partition coefficient (Wildman–Crippen LogP) is 3.45. The average molecular weight is 387 g/mol. The van der Waals surface area contributed by atoms with Crippen LogP contribution in [0.4, 0.5) is 4.79 Å². The molecule has 2 aromatic rings. The maximum atomic E-state index is 12.6. The van der Waals surface area contributed by atoms with E-state index in [0.29, 0.717) is 36.4 Å². The SMILES string of the molecule is CCOc1c(OC)cc(CNC(=O)N2CCC(n3cccc3)CC2)cc1OC. The van der Waals surface area contributed by atoms with Crippen molar-refractivity contribution in [2.24, 2.45) is 0 Å². The topological polar surface area (TPSA) is 65.0 Å². The number of urea groups is 1. The molecule has 1 fully saturated rings. The van der Waals surface area contributed by atoms with Crippen LogP contribution in [0.25, 0.3) is 0 Å². The molecule has 3 rings (SSSR count). The summed E-state index contributed by atoms with van der Waals surface area (Å²) in [6.45, 7) is 4.33. The van der Waals surface area contributed by atoms with Gasteiger partial charge in [-0.05, 0) is 49.6 Å². The number of benzene rings is 1. The second-order valence-electron chi connectivity index (χ2n) is 6.77. The smallest absolute Gasteiger partial charge is 0.317 e. The van der Waals surface area contributed by atoms with Crippen LogP contribution in [-0.2, 0) is 6.54 Å². The molecule has 1 aromatic carbocycles. The quantitative estimate of drug-likeness (QED) is 0.790. The van der Waals surface area contributed by atoms with Gasteiger partial charge in [-0.15, -0.1) is 0 Å². The molecule has 0 unspecified atom stereocenters. The van der Waals surface area contributed by atoms with Crippen molar-refractivity contribution in [3.8, 4) is 17.2 Å². The van der Waals surface area contributed by atoms with Gasteiger partial charge in [-0.2, -0.15) is 0 Å². The van der Waals surface area contributed by atoms with Crippen LogP contribution < -0.4 is 19.5 Å². The van der Waals surface area contributed by atoms with E-state index in [1.165, 1.54) is 0 Å². The Morgan fingerprint density at radius 1 is 1.11 bits per heavy atom. The highest BCUT2D eigenvalue weighted by Gasteiger charge is 2.23. The predicted molar refractivity (Wildman–Crippen MR) is 107 cm³/mol. The van der Waals surface area contributed by atoms with Crippen LogP contribution in [-0.4, -0.2) is 49.4 Å². The van der Waals surface area contributed by atoms with Gasteiger partial charge >= 0.3 is 6.03 Å². The zero-order valence-electron chi connectivity index (χ0n) is 16.8. The molecule has 1 N–H and O–H groups in total. The van der Waals surface area contributed by atoms with Crippen molar-refractivity contribution in [1.29, 1.82) is 0 Å². The summed E-state index contributed by atoms with van der Waals surface area (Å²) >= 11 is 0. The van der Waals surface area contributed by atoms with Crippen molar-refractivity contribution in [3.63, 3.8) is 0 Å². The van der Waals surface area contributed by atoms with Crippen LogP contribution in [0.5, 0.6) is 17.2 Å². The molecule has 0 aliphatic carbocycles. The highest BCUT2D eigenvalue weighted by atomic mass is 16.5. The third kappa shape index (κ3) is 4.52. The number of ether oxygens (including phenoxy) is 3. The minimum Gasteiger partial charge on any atom is -0.493 e. The second-order valence-corrected chi connectivity index (χ2v) is 6.77. The minimum absolute atomic E-state index is 0.0437. The fourth-order valence-electron chi connectivity index (χ4n) is 3.57. The van der Waals surface area contributed by atoms with Gasteiger partial charge in [0, 0.05) is 38.1 Å². The fraction of sp³-hybridized carbons (Fsp3) is 0.476. The molecule has 28 heavy (non-hydrogen) atoms. The Bertz CT molecular complexity index is 743. The molecule has 0 saturated carbocycles. The first-order valence-electron chi connectivity index (χ1n) is 9.69. The Kier molecular flexibility index (Phi) is 6.68. The van der Waals surface area contributed by atoms with Gasteiger partial charge in [0.1, 0.15) is 0 Å². The van der Waals surface area contributed by atoms with Crippen molar-refractivity contribution in [1.82, 2.24) is 14.8 Å². The summed E-state index contributed by atoms with van der Waals surface area (Å²) in [5.41, 5.74) is 0.896. The number of carbonyl (C=O) groups excluding carboxylic acids is 1. The molecule has 2 heterocycles. The summed E-state index contributed by atoms with van der Waals surface area (Å²) in [5.74, 6) is 1.77. The lowest BCUT2D eigenvalue weighted by Gasteiger charge is -2.32. The summed E-state index contributed by atoms with van der Waals surface area (Å²) in [5, 5.41) is 3.00. The van der Waals surface area contributed by atoms with Crippen LogP contribution in [0.3, 0.4) is 0 Å². The third-order valence-electron chi connectivity index (χ3n) is 5.05. The lowest BCUT2D eigenvalue weighted by Crippen LogP contribution is -2.44. The van der Waals surface area contributed by atoms with Gasteiger partial charge in [0.15, 0.2) is 11.5 Å². The maximum absolute atomic E-state index is 12.6. The largest absolute Gasteiger partial charge is 0.493 e. The molecule has 0 radical (unpaired) electrons. The number of carbonyl (C=O) groups is 1. The highest BCUT2D eigenvalue weighted by molar-refractivity contribution is 5.74. The number of hydrogen-bond acceptors (Lipinski definition) is 4. The Morgan fingerprint density at radius 2 is 1.71 bits per heavy atom. The molecule has 1 aliphatic heterocycles. The zero-order valence-corrected chi connectivity index (χ0v) is 16.8. The standard InChI is InChI=1S/C21H29N3O4/c1-4-28-20-18(26-2)13-16(14-19(20)27-3)15-22-21(25)24-11-7-17(8-12-24)23-9-5-6-10-23/h5-6,9-10,13-14,17H,4,7-8,11-12,15H2,1-3H3,(H,22,25). The number of hydrogen-bond donors (Lipinski definition) is 1. The molecular formula is C21H29N3O4. The molecule has 0 bridgehead atoms. The van der Waals surface area contributed by atoms with E-state index in [1.54, 1.807) is 14.2 Å². The average Bonchev–Trinajstić information content (AvgIpc) is 3.27. The van der Waals surface area contributed by atoms with Gasteiger partial charge < -0.3 is 29.0 Å². The normalized spacial score (nSPS) is 14.6. The molecular weight excluding hydrogens is 358 g/mol. The summed E-state index contributed by atoms with van der Waals surface area (Å²) in [6.07, 6.45) is 6.11. The molecule has 7 nitrogen and oxygen atoms in total. The molecule has 0 atom stereocenters. The highest BCUT2D eigenvalue weighted by Crippen LogP contribution is 2.38. The Morgan fingerprint density at radius 3 is 2.25 bits per heavy atom. The Hall–Kier alpha value is -2.83. The Balaban J connectivity index is 1.57. The minimum atomic E-state index is -0.0437. The van der Waals surface area contributed by atoms with Crippen molar-refractivity contribution < 1.29 is 19.0 Å². The first-order chi connectivity index (χ1) is 13.7. The number of amides is 2. The van der Waals surface area contributed by atoms with Crippen LogP contribution in [0, 0.1) is 0 Å². The van der Waals surface area contributed by atoms with Crippen molar-refractivity contribution in [2.45, 2.75) is 32.4 Å². The zero-order chi connectivity index (χ0) is 19.9. The van der Waals surface area contributed by atoms with E-state index in [4.69, 9.17) is 14.2 Å². The number of nitrogens with one attached hydrogen (secondary N) is 1. The first-order valence-corrected chi connectivity index (χ1v) is 9.69. The first kappa shape index (κ1) is 19.9. The van der Waals surface area contributed by atoms with E-state index in [0.717, 1.165) is 31.5 Å². The van der Waals surface area contributed by atoms with E-state index in [9.17, 15) is 4.79 Å². The number of rotatable bonds is 7. The van der Waals surface area contributed by atoms with E-state index in [1.807, 2.05) is 36.1 Å². The molecule has 0 spiro atoms.